The Kier molecular flexibility index (Phi) is 8.59. The van der Waals surface area contributed by atoms with Gasteiger partial charge in [0.2, 0.25) is 0 Å². The van der Waals surface area contributed by atoms with Crippen molar-refractivity contribution in [1.82, 2.24) is 10.2 Å². The number of likely N-dealkylation sites (tertiary alicyclic amines) is 1. The zero-order valence-corrected chi connectivity index (χ0v) is 20.0. The minimum Gasteiger partial charge on any atom is -0.495 e. The molecule has 32 heavy (non-hydrogen) atoms. The Bertz CT molecular complexity index is 917. The average molecular weight is 481 g/mol. The van der Waals surface area contributed by atoms with Crippen molar-refractivity contribution in [2.24, 2.45) is 4.99 Å². The van der Waals surface area contributed by atoms with Gasteiger partial charge in [-0.25, -0.2) is 0 Å². The number of amidine groups is 1. The first-order chi connectivity index (χ1) is 15.4. The monoisotopic (exact) mass is 480 g/mol. The molecule has 3 N–H and O–H groups in total. The van der Waals surface area contributed by atoms with E-state index in [1.165, 1.54) is 14.2 Å². The summed E-state index contributed by atoms with van der Waals surface area (Å²) in [5, 5.41) is 21.6. The quantitative estimate of drug-likeness (QED) is 0.461. The number of rotatable bonds is 9. The van der Waals surface area contributed by atoms with Gasteiger partial charge in [-0.05, 0) is 50.4 Å². The minimum absolute atomic E-state index is 0.223. The van der Waals surface area contributed by atoms with Gasteiger partial charge in [-0.2, -0.15) is 0 Å². The maximum Gasteiger partial charge on any atom is 0.151 e. The van der Waals surface area contributed by atoms with Gasteiger partial charge in [0.1, 0.15) is 17.2 Å². The fourth-order valence-corrected chi connectivity index (χ4v) is 4.72. The topological polar surface area (TPSA) is 90.2 Å². The summed E-state index contributed by atoms with van der Waals surface area (Å²) in [6.07, 6.45) is 5.79. The lowest BCUT2D eigenvalue weighted by Gasteiger charge is -2.24. The van der Waals surface area contributed by atoms with Crippen LogP contribution in [0.4, 0.5) is 0 Å². The van der Waals surface area contributed by atoms with E-state index in [1.54, 1.807) is 12.1 Å². The molecular formula is C23H30Cl2N4O3. The van der Waals surface area contributed by atoms with Crippen LogP contribution in [0.5, 0.6) is 11.5 Å². The van der Waals surface area contributed by atoms with Gasteiger partial charge >= 0.3 is 0 Å². The lowest BCUT2D eigenvalue weighted by molar-refractivity contribution is 0.157. The number of methoxy groups -OCH3 is 2. The molecule has 1 unspecified atom stereocenters. The van der Waals surface area contributed by atoms with Crippen molar-refractivity contribution < 1.29 is 14.6 Å². The fraction of sp³-hybridized carbons (Fsp3) is 0.478. The van der Waals surface area contributed by atoms with E-state index in [0.29, 0.717) is 56.8 Å². The van der Waals surface area contributed by atoms with Crippen LogP contribution in [-0.4, -0.2) is 68.1 Å². The molecule has 0 spiro atoms. The number of aliphatic hydroxyl groups excluding tert-OH is 1. The third-order valence-corrected chi connectivity index (χ3v) is 6.56. The van der Waals surface area contributed by atoms with Crippen LogP contribution in [0.15, 0.2) is 29.3 Å². The van der Waals surface area contributed by atoms with Gasteiger partial charge in [0.05, 0.1) is 36.6 Å². The van der Waals surface area contributed by atoms with Gasteiger partial charge in [-0.3, -0.25) is 15.3 Å². The normalized spacial score (nSPS) is 20.5. The average Bonchev–Trinajstić information content (AvgIpc) is 3.24. The van der Waals surface area contributed by atoms with E-state index in [0.717, 1.165) is 38.8 Å². The number of ether oxygens (including phenoxy) is 2. The molecule has 2 aliphatic rings. The lowest BCUT2D eigenvalue weighted by Crippen LogP contribution is -2.35. The number of aliphatic hydroxyl groups is 1. The van der Waals surface area contributed by atoms with Crippen LogP contribution in [0.2, 0.25) is 10.0 Å². The summed E-state index contributed by atoms with van der Waals surface area (Å²) in [6, 6.07) is 1.92. The Morgan fingerprint density at radius 2 is 1.94 bits per heavy atom. The number of allylic oxidation sites excluding steroid dienone is 1. The molecule has 0 radical (unpaired) electrons. The number of unbranched alkanes of at least 4 members (excludes halogenated alkanes) is 1. The van der Waals surface area contributed by atoms with Crippen LogP contribution in [0, 0.1) is 5.41 Å². The summed E-state index contributed by atoms with van der Waals surface area (Å²) in [7, 11) is 3.04. The van der Waals surface area contributed by atoms with Crippen LogP contribution in [-0.2, 0) is 0 Å². The van der Waals surface area contributed by atoms with Gasteiger partial charge in [0.15, 0.2) is 5.84 Å². The second kappa shape index (κ2) is 11.2. The summed E-state index contributed by atoms with van der Waals surface area (Å²) in [4.78, 5) is 6.95. The molecule has 174 valence electrons. The molecule has 0 aliphatic carbocycles. The number of nitrogens with zero attached hydrogens (tertiary/aromatic N) is 2. The molecule has 2 aliphatic heterocycles. The summed E-state index contributed by atoms with van der Waals surface area (Å²) in [5.41, 5.74) is 1.83. The Labute approximate surface area is 199 Å². The SMILES string of the molecule is C=C1C=C(c2c(Cl)c(OC)cc(OC)c2Cl)NC(=NCCCCN2CCCC2CO)C1=N. The number of aliphatic imine (C=N–C) groups is 1. The largest absolute Gasteiger partial charge is 0.495 e. The van der Waals surface area contributed by atoms with Crippen molar-refractivity contribution in [1.29, 1.82) is 5.41 Å². The standard InChI is InChI=1S/C23H30Cl2N4O3/c1-14-11-16(19-20(24)17(31-2)12-18(32-3)21(19)25)28-23(22(14)26)27-8-4-5-9-29-10-6-7-15(29)13-30/h11-12,15,26,30H,1,4-10,13H2,2-3H3,(H,27,28). The lowest BCUT2D eigenvalue weighted by atomic mass is 10.0. The molecular weight excluding hydrogens is 451 g/mol. The molecule has 0 amide bonds. The van der Waals surface area contributed by atoms with Crippen LogP contribution >= 0.6 is 23.2 Å². The zero-order chi connectivity index (χ0) is 23.3. The smallest absolute Gasteiger partial charge is 0.151 e. The molecule has 7 nitrogen and oxygen atoms in total. The van der Waals surface area contributed by atoms with Gasteiger partial charge in [-0.1, -0.05) is 29.8 Å². The molecule has 2 heterocycles. The minimum atomic E-state index is 0.223. The first-order valence-electron chi connectivity index (χ1n) is 10.7. The van der Waals surface area contributed by atoms with Crippen molar-refractivity contribution in [3.8, 4) is 11.5 Å². The van der Waals surface area contributed by atoms with Crippen molar-refractivity contribution in [2.45, 2.75) is 31.7 Å². The maximum absolute atomic E-state index is 9.44. The third-order valence-electron chi connectivity index (χ3n) is 5.81. The van der Waals surface area contributed by atoms with Crippen molar-refractivity contribution in [3.05, 3.63) is 39.9 Å². The van der Waals surface area contributed by atoms with E-state index in [1.807, 2.05) is 0 Å². The van der Waals surface area contributed by atoms with Crippen LogP contribution in [0.1, 0.15) is 31.2 Å². The van der Waals surface area contributed by atoms with E-state index >= 15 is 0 Å². The van der Waals surface area contributed by atoms with Crippen molar-refractivity contribution in [2.75, 3.05) is 40.5 Å². The highest BCUT2D eigenvalue weighted by atomic mass is 35.5. The number of hydrogen-bond acceptors (Lipinski definition) is 6. The second-order valence-electron chi connectivity index (χ2n) is 7.82. The molecule has 1 saturated heterocycles. The maximum atomic E-state index is 9.44. The van der Waals surface area contributed by atoms with E-state index < -0.39 is 0 Å². The molecule has 0 aromatic heterocycles. The molecule has 0 saturated carbocycles. The molecule has 3 rings (SSSR count). The molecule has 1 atom stereocenters. The molecule has 1 fully saturated rings. The molecule has 9 heteroatoms. The van der Waals surface area contributed by atoms with Crippen molar-refractivity contribution >= 4 is 40.4 Å². The van der Waals surface area contributed by atoms with Gasteiger partial charge in [-0.15, -0.1) is 0 Å². The van der Waals surface area contributed by atoms with E-state index in [2.05, 4.69) is 21.8 Å². The summed E-state index contributed by atoms with van der Waals surface area (Å²) < 4.78 is 10.7. The number of halogens is 2. The Morgan fingerprint density at radius 3 is 2.56 bits per heavy atom. The highest BCUT2D eigenvalue weighted by molar-refractivity contribution is 6.50. The predicted molar refractivity (Wildman–Crippen MR) is 131 cm³/mol. The van der Waals surface area contributed by atoms with E-state index in [4.69, 9.17) is 38.1 Å². The Balaban J connectivity index is 1.72. The van der Waals surface area contributed by atoms with E-state index in [-0.39, 0.29) is 12.3 Å². The van der Waals surface area contributed by atoms with Gasteiger partial charge < -0.3 is 19.9 Å². The zero-order valence-electron chi connectivity index (χ0n) is 18.5. The number of benzene rings is 1. The highest BCUT2D eigenvalue weighted by Gasteiger charge is 2.26. The first-order valence-corrected chi connectivity index (χ1v) is 11.4. The van der Waals surface area contributed by atoms with Crippen molar-refractivity contribution in [3.63, 3.8) is 0 Å². The highest BCUT2D eigenvalue weighted by Crippen LogP contribution is 2.43. The molecule has 1 aromatic carbocycles. The third kappa shape index (κ3) is 5.29. The predicted octanol–water partition coefficient (Wildman–Crippen LogP) is 4.17. The molecule has 0 bridgehead atoms. The molecule has 1 aromatic rings. The Hall–Kier alpha value is -2.06. The van der Waals surface area contributed by atoms with Crippen LogP contribution < -0.4 is 14.8 Å². The number of hydrogen-bond donors (Lipinski definition) is 3. The van der Waals surface area contributed by atoms with Gasteiger partial charge in [0, 0.05) is 24.2 Å². The fourth-order valence-electron chi connectivity index (χ4n) is 4.01. The summed E-state index contributed by atoms with van der Waals surface area (Å²) in [6.45, 7) is 6.78. The first kappa shape index (κ1) is 24.6. The van der Waals surface area contributed by atoms with Crippen LogP contribution in [0.3, 0.4) is 0 Å². The second-order valence-corrected chi connectivity index (χ2v) is 8.58. The number of nitrogens with one attached hydrogen (secondary N) is 2. The van der Waals surface area contributed by atoms with Gasteiger partial charge in [0.25, 0.3) is 0 Å². The van der Waals surface area contributed by atoms with Crippen LogP contribution in [0.25, 0.3) is 5.70 Å². The Morgan fingerprint density at radius 1 is 1.25 bits per heavy atom. The summed E-state index contributed by atoms with van der Waals surface area (Å²) in [5.74, 6) is 1.28. The van der Waals surface area contributed by atoms with E-state index in [9.17, 15) is 5.11 Å². The summed E-state index contributed by atoms with van der Waals surface area (Å²) >= 11 is 13.1.